The Balaban J connectivity index is 2.34. The molecule has 2 unspecified atom stereocenters. The number of β-amino-alcohol motifs (C(OH)–C–C–N with tert-alkyl or cyclic N) is 1. The van der Waals surface area contributed by atoms with Gasteiger partial charge in [0.15, 0.2) is 0 Å². The molecule has 1 rings (SSSR count). The van der Waals surface area contributed by atoms with Gasteiger partial charge < -0.3 is 14.9 Å². The number of methoxy groups -OCH3 is 1. The van der Waals surface area contributed by atoms with E-state index in [0.29, 0.717) is 13.0 Å². The number of esters is 1. The Morgan fingerprint density at radius 2 is 2.19 bits per heavy atom. The van der Waals surface area contributed by atoms with Crippen LogP contribution in [0.25, 0.3) is 0 Å². The summed E-state index contributed by atoms with van der Waals surface area (Å²) >= 11 is 0. The number of unbranched alkanes of at least 4 members (excludes halogenated alkanes) is 2. The van der Waals surface area contributed by atoms with Gasteiger partial charge in [-0.25, -0.2) is 0 Å². The summed E-state index contributed by atoms with van der Waals surface area (Å²) in [6.07, 6.45) is 2.70. The summed E-state index contributed by atoms with van der Waals surface area (Å²) in [4.78, 5) is 13.4. The van der Waals surface area contributed by atoms with E-state index in [2.05, 4.69) is 0 Å². The lowest BCUT2D eigenvalue weighted by atomic mass is 10.2. The van der Waals surface area contributed by atoms with Crippen molar-refractivity contribution in [3.8, 4) is 0 Å². The topological polar surface area (TPSA) is 70.0 Å². The molecule has 0 aliphatic carbocycles. The summed E-state index contributed by atoms with van der Waals surface area (Å²) in [5.74, 6) is -0.265. The minimum absolute atomic E-state index is 0.211. The first-order valence-electron chi connectivity index (χ1n) is 5.79. The fourth-order valence-corrected chi connectivity index (χ4v) is 2.11. The molecule has 1 aliphatic rings. The van der Waals surface area contributed by atoms with Crippen molar-refractivity contribution in [2.75, 3.05) is 26.8 Å². The van der Waals surface area contributed by atoms with E-state index in [9.17, 15) is 9.90 Å². The van der Waals surface area contributed by atoms with Crippen LogP contribution in [0.15, 0.2) is 0 Å². The summed E-state index contributed by atoms with van der Waals surface area (Å²) in [5.41, 5.74) is 0. The normalized spacial score (nSPS) is 25.9. The summed E-state index contributed by atoms with van der Waals surface area (Å²) in [6, 6.07) is -0.297. The molecule has 1 aliphatic heterocycles. The first kappa shape index (κ1) is 13.4. The van der Waals surface area contributed by atoms with Crippen LogP contribution in [0, 0.1) is 0 Å². The molecule has 94 valence electrons. The van der Waals surface area contributed by atoms with E-state index >= 15 is 0 Å². The molecule has 0 aromatic heterocycles. The van der Waals surface area contributed by atoms with Gasteiger partial charge in [0, 0.05) is 19.6 Å². The van der Waals surface area contributed by atoms with Crippen molar-refractivity contribution in [1.29, 1.82) is 0 Å². The molecule has 1 saturated heterocycles. The van der Waals surface area contributed by atoms with Crippen molar-refractivity contribution < 1.29 is 19.7 Å². The molecule has 0 spiro atoms. The number of nitrogens with zero attached hydrogens (tertiary/aromatic N) is 1. The highest BCUT2D eigenvalue weighted by atomic mass is 16.5. The molecule has 0 bridgehead atoms. The number of aliphatic hydroxyl groups is 2. The Kier molecular flexibility index (Phi) is 5.73. The Morgan fingerprint density at radius 3 is 2.81 bits per heavy atom. The molecule has 5 heteroatoms. The molecule has 0 radical (unpaired) electrons. The third kappa shape index (κ3) is 3.73. The van der Waals surface area contributed by atoms with Gasteiger partial charge in [-0.15, -0.1) is 0 Å². The third-order valence-electron chi connectivity index (χ3n) is 2.96. The van der Waals surface area contributed by atoms with Crippen molar-refractivity contribution >= 4 is 5.97 Å². The van der Waals surface area contributed by atoms with E-state index in [1.54, 1.807) is 0 Å². The average molecular weight is 231 g/mol. The molecule has 1 heterocycles. The highest BCUT2D eigenvalue weighted by Crippen LogP contribution is 2.19. The van der Waals surface area contributed by atoms with Crippen molar-refractivity contribution in [3.63, 3.8) is 0 Å². The van der Waals surface area contributed by atoms with E-state index in [-0.39, 0.29) is 18.6 Å². The fourth-order valence-electron chi connectivity index (χ4n) is 2.11. The molecule has 2 N–H and O–H groups in total. The van der Waals surface area contributed by atoms with Crippen LogP contribution in [0.1, 0.15) is 25.7 Å². The van der Waals surface area contributed by atoms with Crippen LogP contribution in [0.4, 0.5) is 0 Å². The molecule has 0 aromatic rings. The first-order chi connectivity index (χ1) is 7.69. The second-order valence-corrected chi connectivity index (χ2v) is 4.21. The van der Waals surface area contributed by atoms with Gasteiger partial charge in [0.1, 0.15) is 6.04 Å². The van der Waals surface area contributed by atoms with Gasteiger partial charge in [0.25, 0.3) is 0 Å². The van der Waals surface area contributed by atoms with E-state index in [1.165, 1.54) is 7.11 Å². The summed E-state index contributed by atoms with van der Waals surface area (Å²) in [6.45, 7) is 1.53. The number of aliphatic hydroxyl groups excluding tert-OH is 2. The Labute approximate surface area is 96.0 Å². The third-order valence-corrected chi connectivity index (χ3v) is 2.96. The van der Waals surface area contributed by atoms with E-state index < -0.39 is 6.10 Å². The van der Waals surface area contributed by atoms with Gasteiger partial charge in [-0.1, -0.05) is 0 Å². The van der Waals surface area contributed by atoms with Crippen LogP contribution in [-0.2, 0) is 9.53 Å². The SMILES string of the molecule is COC(=O)C1CC(O)CN1CCCCCO. The second-order valence-electron chi connectivity index (χ2n) is 4.21. The summed E-state index contributed by atoms with van der Waals surface area (Å²) in [5, 5.41) is 18.2. The maximum absolute atomic E-state index is 11.4. The van der Waals surface area contributed by atoms with Crippen LogP contribution in [0.2, 0.25) is 0 Å². The lowest BCUT2D eigenvalue weighted by Gasteiger charge is -2.21. The van der Waals surface area contributed by atoms with Crippen molar-refractivity contribution in [3.05, 3.63) is 0 Å². The zero-order valence-corrected chi connectivity index (χ0v) is 9.76. The predicted octanol–water partition coefficient (Wildman–Crippen LogP) is -0.243. The predicted molar refractivity (Wildman–Crippen MR) is 58.9 cm³/mol. The second kappa shape index (κ2) is 6.83. The van der Waals surface area contributed by atoms with Crippen LogP contribution >= 0.6 is 0 Å². The molecule has 5 nitrogen and oxygen atoms in total. The van der Waals surface area contributed by atoms with Gasteiger partial charge >= 0.3 is 5.97 Å². The zero-order chi connectivity index (χ0) is 12.0. The maximum atomic E-state index is 11.4. The lowest BCUT2D eigenvalue weighted by Crippen LogP contribution is -2.37. The van der Waals surface area contributed by atoms with Gasteiger partial charge in [-0.2, -0.15) is 0 Å². The number of rotatable bonds is 6. The van der Waals surface area contributed by atoms with Crippen LogP contribution in [-0.4, -0.2) is 60.0 Å². The Hall–Kier alpha value is -0.650. The largest absolute Gasteiger partial charge is 0.468 e. The smallest absolute Gasteiger partial charge is 0.323 e. The van der Waals surface area contributed by atoms with E-state index in [0.717, 1.165) is 25.8 Å². The standard InChI is InChI=1S/C11H21NO4/c1-16-11(15)10-7-9(14)8-12(10)5-3-2-4-6-13/h9-10,13-14H,2-8H2,1H3. The molecule has 0 aromatic carbocycles. The van der Waals surface area contributed by atoms with Crippen molar-refractivity contribution in [2.45, 2.75) is 37.8 Å². The number of hydrogen-bond acceptors (Lipinski definition) is 5. The van der Waals surface area contributed by atoms with Crippen LogP contribution in [0.5, 0.6) is 0 Å². The number of likely N-dealkylation sites (tertiary alicyclic amines) is 1. The van der Waals surface area contributed by atoms with Gasteiger partial charge in [-0.3, -0.25) is 9.69 Å². The van der Waals surface area contributed by atoms with Gasteiger partial charge in [0.05, 0.1) is 13.2 Å². The van der Waals surface area contributed by atoms with E-state index in [4.69, 9.17) is 9.84 Å². The minimum Gasteiger partial charge on any atom is -0.468 e. The summed E-state index contributed by atoms with van der Waals surface area (Å²) in [7, 11) is 1.37. The highest BCUT2D eigenvalue weighted by Gasteiger charge is 2.35. The lowest BCUT2D eigenvalue weighted by molar-refractivity contribution is -0.145. The zero-order valence-electron chi connectivity index (χ0n) is 9.76. The number of ether oxygens (including phenoxy) is 1. The van der Waals surface area contributed by atoms with Gasteiger partial charge in [-0.05, 0) is 25.8 Å². The number of carbonyl (C=O) groups excluding carboxylic acids is 1. The fraction of sp³-hybridized carbons (Fsp3) is 0.909. The highest BCUT2D eigenvalue weighted by molar-refractivity contribution is 5.76. The molecule has 1 fully saturated rings. The number of hydrogen-bond donors (Lipinski definition) is 2. The molecule has 2 atom stereocenters. The maximum Gasteiger partial charge on any atom is 0.323 e. The van der Waals surface area contributed by atoms with E-state index in [1.807, 2.05) is 4.90 Å². The van der Waals surface area contributed by atoms with Crippen LogP contribution < -0.4 is 0 Å². The van der Waals surface area contributed by atoms with Crippen LogP contribution in [0.3, 0.4) is 0 Å². The minimum atomic E-state index is -0.429. The first-order valence-corrected chi connectivity index (χ1v) is 5.79. The average Bonchev–Trinajstić information content (AvgIpc) is 2.65. The molecule has 0 amide bonds. The van der Waals surface area contributed by atoms with Crippen molar-refractivity contribution in [1.82, 2.24) is 4.90 Å². The number of carbonyl (C=O) groups is 1. The monoisotopic (exact) mass is 231 g/mol. The van der Waals surface area contributed by atoms with Gasteiger partial charge in [0.2, 0.25) is 0 Å². The quantitative estimate of drug-likeness (QED) is 0.487. The summed E-state index contributed by atoms with van der Waals surface area (Å²) < 4.78 is 4.71. The molecular formula is C11H21NO4. The Morgan fingerprint density at radius 1 is 1.44 bits per heavy atom. The molecule has 0 saturated carbocycles. The Bertz CT molecular complexity index is 222. The molecular weight excluding hydrogens is 210 g/mol. The van der Waals surface area contributed by atoms with Crippen molar-refractivity contribution in [2.24, 2.45) is 0 Å². The molecule has 16 heavy (non-hydrogen) atoms.